The van der Waals surface area contributed by atoms with Crippen LogP contribution in [0, 0.1) is 0 Å². The van der Waals surface area contributed by atoms with Crippen LogP contribution in [0.25, 0.3) is 0 Å². The van der Waals surface area contributed by atoms with E-state index in [1.54, 1.807) is 12.0 Å². The molecule has 0 heterocycles. The minimum absolute atomic E-state index is 0.226. The molecular formula is C15H31NO3. The molecule has 0 radical (unpaired) electrons. The van der Waals surface area contributed by atoms with E-state index in [1.165, 1.54) is 12.8 Å². The molecule has 4 heteroatoms. The number of hydrogen-bond acceptors (Lipinski definition) is 3. The largest absolute Gasteiger partial charge is 0.385 e. The number of likely N-dealkylation sites (N-methyl/N-ethyl adjacent to an activating group) is 1. The Morgan fingerprint density at radius 2 is 1.68 bits per heavy atom. The lowest BCUT2D eigenvalue weighted by atomic mass is 10.1. The summed E-state index contributed by atoms with van der Waals surface area (Å²) in [6.45, 7) is 6.16. The van der Waals surface area contributed by atoms with E-state index in [4.69, 9.17) is 9.47 Å². The highest BCUT2D eigenvalue weighted by molar-refractivity contribution is 5.75. The summed E-state index contributed by atoms with van der Waals surface area (Å²) in [6, 6.07) is 0. The van der Waals surface area contributed by atoms with E-state index in [0.29, 0.717) is 19.6 Å². The van der Waals surface area contributed by atoms with Crippen molar-refractivity contribution in [3.8, 4) is 0 Å². The second-order valence-electron chi connectivity index (χ2n) is 5.25. The van der Waals surface area contributed by atoms with Gasteiger partial charge in [0, 0.05) is 33.7 Å². The van der Waals surface area contributed by atoms with Crippen LogP contribution in [-0.4, -0.2) is 50.8 Å². The van der Waals surface area contributed by atoms with Gasteiger partial charge in [-0.25, -0.2) is 0 Å². The van der Waals surface area contributed by atoms with Gasteiger partial charge in [-0.05, 0) is 26.7 Å². The fourth-order valence-electron chi connectivity index (χ4n) is 1.79. The van der Waals surface area contributed by atoms with Gasteiger partial charge in [-0.1, -0.05) is 19.3 Å². The number of hydrogen-bond donors (Lipinski definition) is 0. The van der Waals surface area contributed by atoms with Crippen LogP contribution in [0.2, 0.25) is 0 Å². The van der Waals surface area contributed by atoms with E-state index in [0.717, 1.165) is 25.9 Å². The third kappa shape index (κ3) is 12.2. The Hall–Kier alpha value is -0.610. The van der Waals surface area contributed by atoms with Crippen LogP contribution in [0.4, 0.5) is 0 Å². The van der Waals surface area contributed by atoms with Crippen LogP contribution in [0.3, 0.4) is 0 Å². The second-order valence-corrected chi connectivity index (χ2v) is 5.25. The molecule has 1 amide bonds. The minimum Gasteiger partial charge on any atom is -0.385 e. The molecule has 0 atom stereocenters. The predicted octanol–water partition coefficient (Wildman–Crippen LogP) is 2.86. The van der Waals surface area contributed by atoms with Crippen molar-refractivity contribution < 1.29 is 14.3 Å². The average Bonchev–Trinajstić information content (AvgIpc) is 2.36. The fourth-order valence-corrected chi connectivity index (χ4v) is 1.79. The van der Waals surface area contributed by atoms with Crippen LogP contribution in [0.5, 0.6) is 0 Å². The highest BCUT2D eigenvalue weighted by Gasteiger charge is 2.08. The quantitative estimate of drug-likeness (QED) is 0.513. The van der Waals surface area contributed by atoms with Crippen molar-refractivity contribution in [1.82, 2.24) is 4.90 Å². The highest BCUT2D eigenvalue weighted by atomic mass is 16.5. The molecule has 0 rings (SSSR count). The molecular weight excluding hydrogens is 242 g/mol. The SMILES string of the molecule is COCCCCCCCC(=O)N(C)CCOC(C)C. The lowest BCUT2D eigenvalue weighted by Gasteiger charge is -2.18. The molecule has 0 aliphatic rings. The van der Waals surface area contributed by atoms with Gasteiger partial charge >= 0.3 is 0 Å². The summed E-state index contributed by atoms with van der Waals surface area (Å²) in [4.78, 5) is 13.6. The molecule has 114 valence electrons. The van der Waals surface area contributed by atoms with E-state index in [-0.39, 0.29) is 12.0 Å². The Balaban J connectivity index is 3.41. The molecule has 19 heavy (non-hydrogen) atoms. The van der Waals surface area contributed by atoms with Crippen LogP contribution >= 0.6 is 0 Å². The zero-order valence-corrected chi connectivity index (χ0v) is 13.1. The molecule has 4 nitrogen and oxygen atoms in total. The Labute approximate surface area is 118 Å². The number of carbonyl (C=O) groups is 1. The maximum atomic E-state index is 11.8. The number of nitrogens with zero attached hydrogens (tertiary/aromatic N) is 1. The van der Waals surface area contributed by atoms with Gasteiger partial charge in [0.1, 0.15) is 0 Å². The lowest BCUT2D eigenvalue weighted by Crippen LogP contribution is -2.30. The Morgan fingerprint density at radius 1 is 1.05 bits per heavy atom. The number of rotatable bonds is 12. The van der Waals surface area contributed by atoms with Crippen molar-refractivity contribution in [1.29, 1.82) is 0 Å². The Kier molecular flexibility index (Phi) is 12.0. The van der Waals surface area contributed by atoms with Crippen molar-refractivity contribution >= 4 is 5.91 Å². The van der Waals surface area contributed by atoms with E-state index in [2.05, 4.69) is 0 Å². The molecule has 0 unspecified atom stereocenters. The van der Waals surface area contributed by atoms with Gasteiger partial charge in [-0.3, -0.25) is 4.79 Å². The van der Waals surface area contributed by atoms with Crippen molar-refractivity contribution in [2.24, 2.45) is 0 Å². The summed E-state index contributed by atoms with van der Waals surface area (Å²) in [7, 11) is 3.59. The molecule has 0 fully saturated rings. The van der Waals surface area contributed by atoms with Crippen molar-refractivity contribution in [3.05, 3.63) is 0 Å². The Bertz CT molecular complexity index is 219. The lowest BCUT2D eigenvalue weighted by molar-refractivity contribution is -0.130. The zero-order chi connectivity index (χ0) is 14.5. The number of ether oxygens (including phenoxy) is 2. The molecule has 0 aliphatic heterocycles. The third-order valence-electron chi connectivity index (χ3n) is 3.04. The highest BCUT2D eigenvalue weighted by Crippen LogP contribution is 2.06. The first-order chi connectivity index (χ1) is 9.07. The standard InChI is InChI=1S/C15H31NO3/c1-14(2)19-13-11-16(3)15(17)10-8-6-5-7-9-12-18-4/h14H,5-13H2,1-4H3. The van der Waals surface area contributed by atoms with E-state index in [1.807, 2.05) is 20.9 Å². The monoisotopic (exact) mass is 273 g/mol. The van der Waals surface area contributed by atoms with E-state index >= 15 is 0 Å². The molecule has 0 aromatic rings. The summed E-state index contributed by atoms with van der Waals surface area (Å²) < 4.78 is 10.4. The molecule has 0 saturated heterocycles. The molecule has 0 aliphatic carbocycles. The molecule has 0 saturated carbocycles. The van der Waals surface area contributed by atoms with E-state index in [9.17, 15) is 4.79 Å². The van der Waals surface area contributed by atoms with Gasteiger partial charge in [-0.15, -0.1) is 0 Å². The van der Waals surface area contributed by atoms with Gasteiger partial charge in [0.05, 0.1) is 12.7 Å². The van der Waals surface area contributed by atoms with Crippen molar-refractivity contribution in [2.45, 2.75) is 58.5 Å². The number of unbranched alkanes of at least 4 members (excludes halogenated alkanes) is 4. The van der Waals surface area contributed by atoms with Crippen LogP contribution in [0.15, 0.2) is 0 Å². The van der Waals surface area contributed by atoms with E-state index < -0.39 is 0 Å². The van der Waals surface area contributed by atoms with Gasteiger partial charge in [0.15, 0.2) is 0 Å². The normalized spacial score (nSPS) is 11.0. The number of carbonyl (C=O) groups excluding carboxylic acids is 1. The zero-order valence-electron chi connectivity index (χ0n) is 13.1. The van der Waals surface area contributed by atoms with Crippen molar-refractivity contribution in [3.63, 3.8) is 0 Å². The Morgan fingerprint density at radius 3 is 2.32 bits per heavy atom. The topological polar surface area (TPSA) is 38.8 Å². The van der Waals surface area contributed by atoms with Gasteiger partial charge in [0.25, 0.3) is 0 Å². The fraction of sp³-hybridized carbons (Fsp3) is 0.933. The summed E-state index contributed by atoms with van der Waals surface area (Å²) >= 11 is 0. The molecule has 0 aromatic heterocycles. The maximum absolute atomic E-state index is 11.8. The first-order valence-corrected chi connectivity index (χ1v) is 7.42. The molecule has 0 aromatic carbocycles. The summed E-state index contributed by atoms with van der Waals surface area (Å²) in [5.74, 6) is 0.226. The average molecular weight is 273 g/mol. The molecule has 0 spiro atoms. The van der Waals surface area contributed by atoms with Crippen LogP contribution in [0.1, 0.15) is 52.4 Å². The van der Waals surface area contributed by atoms with Gasteiger partial charge in [-0.2, -0.15) is 0 Å². The summed E-state index contributed by atoms with van der Waals surface area (Å²) in [5.41, 5.74) is 0. The van der Waals surface area contributed by atoms with Crippen LogP contribution < -0.4 is 0 Å². The minimum atomic E-state index is 0.226. The van der Waals surface area contributed by atoms with Crippen LogP contribution in [-0.2, 0) is 14.3 Å². The van der Waals surface area contributed by atoms with Gasteiger partial charge in [0.2, 0.25) is 5.91 Å². The predicted molar refractivity (Wildman–Crippen MR) is 78.3 cm³/mol. The first kappa shape index (κ1) is 18.4. The van der Waals surface area contributed by atoms with Gasteiger partial charge < -0.3 is 14.4 Å². The summed E-state index contributed by atoms with van der Waals surface area (Å²) in [6.07, 6.45) is 6.51. The second kappa shape index (κ2) is 12.4. The van der Waals surface area contributed by atoms with Crippen molar-refractivity contribution in [2.75, 3.05) is 33.9 Å². The molecule has 0 bridgehead atoms. The molecule has 0 N–H and O–H groups in total. The first-order valence-electron chi connectivity index (χ1n) is 7.42. The summed E-state index contributed by atoms with van der Waals surface area (Å²) in [5, 5.41) is 0. The number of methoxy groups -OCH3 is 1. The maximum Gasteiger partial charge on any atom is 0.222 e. The number of amides is 1. The third-order valence-corrected chi connectivity index (χ3v) is 3.04. The smallest absolute Gasteiger partial charge is 0.222 e.